The Bertz CT molecular complexity index is 632. The second-order valence-corrected chi connectivity index (χ2v) is 4.80. The Balaban J connectivity index is 2.50. The van der Waals surface area contributed by atoms with Crippen LogP contribution in [0.15, 0.2) is 61.2 Å². The third-order valence-electron chi connectivity index (χ3n) is 3.28. The number of rotatable bonds is 4. The monoisotopic (exact) mass is 291 g/mol. The second kappa shape index (κ2) is 6.14. The fraction of sp³-hybridized carbons (Fsp3) is 0.176. The van der Waals surface area contributed by atoms with Gasteiger partial charge < -0.3 is 5.73 Å². The molecule has 0 bridgehead atoms. The van der Waals surface area contributed by atoms with Gasteiger partial charge in [-0.2, -0.15) is 13.2 Å². The van der Waals surface area contributed by atoms with Crippen LogP contribution in [0.25, 0.3) is 11.1 Å². The van der Waals surface area contributed by atoms with Gasteiger partial charge in [-0.3, -0.25) is 0 Å². The van der Waals surface area contributed by atoms with Gasteiger partial charge in [0.1, 0.15) is 0 Å². The number of halogens is 3. The van der Waals surface area contributed by atoms with Gasteiger partial charge in [-0.05, 0) is 35.2 Å². The summed E-state index contributed by atoms with van der Waals surface area (Å²) in [6.45, 7) is 3.65. The summed E-state index contributed by atoms with van der Waals surface area (Å²) in [6, 6.07) is 12.2. The molecule has 2 aromatic carbocycles. The van der Waals surface area contributed by atoms with Crippen LogP contribution in [0.4, 0.5) is 13.2 Å². The zero-order valence-corrected chi connectivity index (χ0v) is 11.4. The van der Waals surface area contributed by atoms with Gasteiger partial charge in [0, 0.05) is 6.04 Å². The third-order valence-corrected chi connectivity index (χ3v) is 3.28. The molecular formula is C17H16F3N. The molecule has 0 aromatic heterocycles. The molecule has 1 atom stereocenters. The van der Waals surface area contributed by atoms with Crippen LogP contribution in [0.2, 0.25) is 0 Å². The molecule has 2 aromatic rings. The van der Waals surface area contributed by atoms with Crippen molar-refractivity contribution in [1.82, 2.24) is 0 Å². The minimum atomic E-state index is -4.35. The maximum atomic E-state index is 12.8. The summed E-state index contributed by atoms with van der Waals surface area (Å²) >= 11 is 0. The molecule has 1 unspecified atom stereocenters. The van der Waals surface area contributed by atoms with Gasteiger partial charge in [-0.1, -0.05) is 42.5 Å². The average molecular weight is 291 g/mol. The molecular weight excluding hydrogens is 275 g/mol. The van der Waals surface area contributed by atoms with Crippen molar-refractivity contribution in [1.29, 1.82) is 0 Å². The fourth-order valence-corrected chi connectivity index (χ4v) is 2.25. The summed E-state index contributed by atoms with van der Waals surface area (Å²) < 4.78 is 38.5. The van der Waals surface area contributed by atoms with E-state index in [0.717, 1.165) is 23.3 Å². The molecule has 0 amide bonds. The number of hydrogen-bond donors (Lipinski definition) is 1. The summed E-state index contributed by atoms with van der Waals surface area (Å²) in [5, 5.41) is 0. The zero-order chi connectivity index (χ0) is 15.5. The number of hydrogen-bond acceptors (Lipinski definition) is 1. The molecule has 0 aliphatic heterocycles. The molecule has 1 nitrogen and oxygen atoms in total. The quantitative estimate of drug-likeness (QED) is 0.793. The summed E-state index contributed by atoms with van der Waals surface area (Å²) in [5.41, 5.74) is 7.46. The van der Waals surface area contributed by atoms with Crippen molar-refractivity contribution in [3.8, 4) is 11.1 Å². The third kappa shape index (κ3) is 3.52. The van der Waals surface area contributed by atoms with Gasteiger partial charge >= 0.3 is 6.18 Å². The van der Waals surface area contributed by atoms with Crippen molar-refractivity contribution in [3.63, 3.8) is 0 Å². The van der Waals surface area contributed by atoms with Crippen LogP contribution in [0.1, 0.15) is 23.6 Å². The van der Waals surface area contributed by atoms with Gasteiger partial charge in [-0.25, -0.2) is 0 Å². The molecule has 0 fully saturated rings. The van der Waals surface area contributed by atoms with E-state index in [4.69, 9.17) is 5.73 Å². The molecule has 0 saturated carbocycles. The van der Waals surface area contributed by atoms with Gasteiger partial charge in [0.2, 0.25) is 0 Å². The van der Waals surface area contributed by atoms with Crippen molar-refractivity contribution >= 4 is 0 Å². The highest BCUT2D eigenvalue weighted by Crippen LogP contribution is 2.34. The first-order valence-electron chi connectivity index (χ1n) is 6.56. The van der Waals surface area contributed by atoms with Crippen LogP contribution in [0.3, 0.4) is 0 Å². The van der Waals surface area contributed by atoms with Crippen LogP contribution < -0.4 is 5.73 Å². The van der Waals surface area contributed by atoms with Gasteiger partial charge in [0.15, 0.2) is 0 Å². The van der Waals surface area contributed by atoms with Gasteiger partial charge in [0.25, 0.3) is 0 Å². The minimum Gasteiger partial charge on any atom is -0.324 e. The highest BCUT2D eigenvalue weighted by molar-refractivity contribution is 5.68. The molecule has 0 radical (unpaired) electrons. The Hall–Kier alpha value is -2.07. The number of alkyl halides is 3. The Morgan fingerprint density at radius 2 is 1.81 bits per heavy atom. The predicted octanol–water partition coefficient (Wildman–Crippen LogP) is 4.95. The van der Waals surface area contributed by atoms with Gasteiger partial charge in [0.05, 0.1) is 5.56 Å². The molecule has 0 aliphatic carbocycles. The SMILES string of the molecule is C=CCC(N)c1ccccc1-c1cccc(C(F)(F)F)c1. The normalized spacial score (nSPS) is 13.0. The Morgan fingerprint density at radius 1 is 1.10 bits per heavy atom. The molecule has 0 heterocycles. The lowest BCUT2D eigenvalue weighted by molar-refractivity contribution is -0.137. The molecule has 0 spiro atoms. The smallest absolute Gasteiger partial charge is 0.324 e. The molecule has 2 N–H and O–H groups in total. The highest BCUT2D eigenvalue weighted by Gasteiger charge is 2.30. The lowest BCUT2D eigenvalue weighted by atomic mass is 9.93. The van der Waals surface area contributed by atoms with Crippen molar-refractivity contribution in [3.05, 3.63) is 72.3 Å². The maximum absolute atomic E-state index is 12.8. The standard InChI is InChI=1S/C17H16F3N/c1-2-6-16(21)15-10-4-3-9-14(15)12-7-5-8-13(11-12)17(18,19)20/h2-5,7-11,16H,1,6,21H2. The molecule has 0 saturated heterocycles. The Kier molecular flexibility index (Phi) is 4.48. The molecule has 4 heteroatoms. The van der Waals surface area contributed by atoms with E-state index in [-0.39, 0.29) is 6.04 Å². The first kappa shape index (κ1) is 15.3. The van der Waals surface area contributed by atoms with E-state index in [1.807, 2.05) is 12.1 Å². The van der Waals surface area contributed by atoms with Crippen LogP contribution in [-0.4, -0.2) is 0 Å². The molecule has 0 aliphatic rings. The van der Waals surface area contributed by atoms with Crippen molar-refractivity contribution in [2.75, 3.05) is 0 Å². The van der Waals surface area contributed by atoms with Crippen molar-refractivity contribution in [2.24, 2.45) is 5.73 Å². The van der Waals surface area contributed by atoms with Crippen LogP contribution in [0, 0.1) is 0 Å². The van der Waals surface area contributed by atoms with E-state index in [1.54, 1.807) is 24.3 Å². The number of nitrogens with two attached hydrogens (primary N) is 1. The Morgan fingerprint density at radius 3 is 2.48 bits per heavy atom. The lowest BCUT2D eigenvalue weighted by Crippen LogP contribution is -2.10. The largest absolute Gasteiger partial charge is 0.416 e. The van der Waals surface area contributed by atoms with Crippen molar-refractivity contribution < 1.29 is 13.2 Å². The zero-order valence-electron chi connectivity index (χ0n) is 11.4. The van der Waals surface area contributed by atoms with Crippen molar-refractivity contribution in [2.45, 2.75) is 18.6 Å². The van der Waals surface area contributed by atoms with E-state index in [2.05, 4.69) is 6.58 Å². The fourth-order valence-electron chi connectivity index (χ4n) is 2.25. The second-order valence-electron chi connectivity index (χ2n) is 4.80. The van der Waals surface area contributed by atoms with E-state index in [0.29, 0.717) is 12.0 Å². The summed E-state index contributed by atoms with van der Waals surface area (Å²) in [6.07, 6.45) is -2.09. The van der Waals surface area contributed by atoms with Crippen LogP contribution in [-0.2, 0) is 6.18 Å². The van der Waals surface area contributed by atoms with Crippen LogP contribution >= 0.6 is 0 Å². The summed E-state index contributed by atoms with van der Waals surface area (Å²) in [5.74, 6) is 0. The first-order chi connectivity index (χ1) is 9.93. The highest BCUT2D eigenvalue weighted by atomic mass is 19.4. The van der Waals surface area contributed by atoms with E-state index < -0.39 is 11.7 Å². The summed E-state index contributed by atoms with van der Waals surface area (Å²) in [7, 11) is 0. The summed E-state index contributed by atoms with van der Waals surface area (Å²) in [4.78, 5) is 0. The van der Waals surface area contributed by atoms with E-state index >= 15 is 0 Å². The molecule has 21 heavy (non-hydrogen) atoms. The lowest BCUT2D eigenvalue weighted by Gasteiger charge is -2.16. The minimum absolute atomic E-state index is 0.284. The Labute approximate surface area is 121 Å². The van der Waals surface area contributed by atoms with Gasteiger partial charge in [-0.15, -0.1) is 6.58 Å². The number of benzene rings is 2. The average Bonchev–Trinajstić information content (AvgIpc) is 2.47. The van der Waals surface area contributed by atoms with E-state index in [1.165, 1.54) is 6.07 Å². The van der Waals surface area contributed by atoms with E-state index in [9.17, 15) is 13.2 Å². The predicted molar refractivity (Wildman–Crippen MR) is 78.6 cm³/mol. The topological polar surface area (TPSA) is 26.0 Å². The first-order valence-corrected chi connectivity index (χ1v) is 6.56. The molecule has 2 rings (SSSR count). The van der Waals surface area contributed by atoms with Crippen LogP contribution in [0.5, 0.6) is 0 Å². The maximum Gasteiger partial charge on any atom is 0.416 e. The molecule has 110 valence electrons.